The van der Waals surface area contributed by atoms with Crippen molar-refractivity contribution in [2.24, 2.45) is 5.10 Å². The van der Waals surface area contributed by atoms with Gasteiger partial charge in [0.15, 0.2) is 0 Å². The van der Waals surface area contributed by atoms with Crippen LogP contribution in [0.25, 0.3) is 0 Å². The van der Waals surface area contributed by atoms with Crippen LogP contribution in [0.3, 0.4) is 0 Å². The van der Waals surface area contributed by atoms with Crippen LogP contribution in [0.4, 0.5) is 11.4 Å². The molecule has 0 atom stereocenters. The minimum Gasteiger partial charge on any atom is -0.379 e. The van der Waals surface area contributed by atoms with Gasteiger partial charge < -0.3 is 4.18 Å². The van der Waals surface area contributed by atoms with E-state index in [4.69, 9.17) is 4.18 Å². The highest BCUT2D eigenvalue weighted by atomic mass is 32.2. The first-order valence-electron chi connectivity index (χ1n) is 8.07. The fourth-order valence-corrected chi connectivity index (χ4v) is 3.16. The zero-order valence-corrected chi connectivity index (χ0v) is 15.2. The van der Waals surface area contributed by atoms with Gasteiger partial charge in [-0.05, 0) is 54.1 Å². The van der Waals surface area contributed by atoms with E-state index in [1.165, 1.54) is 42.6 Å². The van der Waals surface area contributed by atoms with E-state index in [0.29, 0.717) is 11.3 Å². The Morgan fingerprint density at radius 3 is 2.18 bits per heavy atom. The van der Waals surface area contributed by atoms with Gasteiger partial charge in [0.1, 0.15) is 10.6 Å². The molecule has 1 N–H and O–H groups in total. The molecule has 0 spiro atoms. The highest BCUT2D eigenvalue weighted by Gasteiger charge is 2.15. The molecule has 0 aromatic heterocycles. The van der Waals surface area contributed by atoms with E-state index in [2.05, 4.69) is 10.5 Å². The lowest BCUT2D eigenvalue weighted by atomic mass is 10.2. The molecule has 3 aromatic rings. The van der Waals surface area contributed by atoms with Crippen LogP contribution >= 0.6 is 0 Å². The summed E-state index contributed by atoms with van der Waals surface area (Å²) in [6.45, 7) is 0. The Balaban J connectivity index is 1.61. The highest BCUT2D eigenvalue weighted by molar-refractivity contribution is 7.87. The van der Waals surface area contributed by atoms with Gasteiger partial charge in [-0.25, -0.2) is 0 Å². The number of hydrazone groups is 1. The topological polar surface area (TPSA) is 111 Å². The number of hydrogen-bond acceptors (Lipinski definition) is 7. The molecule has 0 aliphatic rings. The van der Waals surface area contributed by atoms with Gasteiger partial charge >= 0.3 is 10.1 Å². The van der Waals surface area contributed by atoms with Crippen molar-refractivity contribution >= 4 is 27.7 Å². The van der Waals surface area contributed by atoms with Crippen molar-refractivity contribution in [1.29, 1.82) is 0 Å². The lowest BCUT2D eigenvalue weighted by Crippen LogP contribution is -2.09. The molecular weight excluding hydrogens is 382 g/mol. The van der Waals surface area contributed by atoms with Crippen molar-refractivity contribution < 1.29 is 17.5 Å². The van der Waals surface area contributed by atoms with E-state index in [0.717, 1.165) is 0 Å². The van der Waals surface area contributed by atoms with Gasteiger partial charge in [0.25, 0.3) is 5.69 Å². The molecule has 0 unspecified atom stereocenters. The van der Waals surface area contributed by atoms with Crippen LogP contribution in [-0.4, -0.2) is 19.6 Å². The molecule has 3 rings (SSSR count). The van der Waals surface area contributed by atoms with Crippen molar-refractivity contribution in [2.75, 3.05) is 5.43 Å². The molecule has 0 fully saturated rings. The molecule has 3 aromatic carbocycles. The molecule has 0 bridgehead atoms. The van der Waals surface area contributed by atoms with Crippen LogP contribution in [0.1, 0.15) is 5.56 Å². The molecular formula is C19H15N3O5S. The second-order valence-corrected chi connectivity index (χ2v) is 7.14. The summed E-state index contributed by atoms with van der Waals surface area (Å²) in [5.41, 5.74) is 4.05. The summed E-state index contributed by atoms with van der Waals surface area (Å²) in [6.07, 6.45) is 1.52. The van der Waals surface area contributed by atoms with Gasteiger partial charge in [-0.3, -0.25) is 15.5 Å². The molecule has 0 radical (unpaired) electrons. The number of rotatable bonds is 7. The third-order valence-corrected chi connectivity index (χ3v) is 4.86. The lowest BCUT2D eigenvalue weighted by Gasteiger charge is -2.07. The Kier molecular flexibility index (Phi) is 5.66. The average molecular weight is 397 g/mol. The summed E-state index contributed by atoms with van der Waals surface area (Å²) in [7, 11) is -3.88. The van der Waals surface area contributed by atoms with Crippen LogP contribution < -0.4 is 9.61 Å². The van der Waals surface area contributed by atoms with Crippen LogP contribution in [0.5, 0.6) is 5.75 Å². The zero-order chi connectivity index (χ0) is 20.0. The standard InChI is InChI=1S/C19H15N3O5S/c23-22(24)17-10-8-16(9-11-17)21-20-14-15-6-12-18(13-7-15)27-28(25,26)19-4-2-1-3-5-19/h1-14,21H. The van der Waals surface area contributed by atoms with E-state index in [9.17, 15) is 18.5 Å². The fourth-order valence-electron chi connectivity index (χ4n) is 2.21. The molecule has 0 saturated carbocycles. The molecule has 0 heterocycles. The summed E-state index contributed by atoms with van der Waals surface area (Å²) in [5, 5.41) is 14.6. The van der Waals surface area contributed by atoms with Gasteiger partial charge in [-0.1, -0.05) is 18.2 Å². The van der Waals surface area contributed by atoms with Crippen molar-refractivity contribution in [3.63, 3.8) is 0 Å². The van der Waals surface area contributed by atoms with Crippen molar-refractivity contribution in [2.45, 2.75) is 4.90 Å². The maximum absolute atomic E-state index is 12.2. The quantitative estimate of drug-likeness (QED) is 0.281. The number of nitro groups is 1. The summed E-state index contributed by atoms with van der Waals surface area (Å²) in [5.74, 6) is 0.185. The molecule has 142 valence electrons. The lowest BCUT2D eigenvalue weighted by molar-refractivity contribution is -0.384. The zero-order valence-electron chi connectivity index (χ0n) is 14.4. The van der Waals surface area contributed by atoms with E-state index in [1.54, 1.807) is 42.5 Å². The SMILES string of the molecule is O=[N+]([O-])c1ccc(NN=Cc2ccc(OS(=O)(=O)c3ccccc3)cc2)cc1. The summed E-state index contributed by atoms with van der Waals surface area (Å²) in [6, 6.07) is 20.0. The minimum absolute atomic E-state index is 0.00410. The molecule has 0 aliphatic heterocycles. The Morgan fingerprint density at radius 2 is 1.57 bits per heavy atom. The Hall–Kier alpha value is -3.72. The number of nitro benzene ring substituents is 1. The number of hydrogen-bond donors (Lipinski definition) is 1. The van der Waals surface area contributed by atoms with Crippen molar-refractivity contribution in [3.8, 4) is 5.75 Å². The first-order valence-corrected chi connectivity index (χ1v) is 9.48. The van der Waals surface area contributed by atoms with E-state index >= 15 is 0 Å². The van der Waals surface area contributed by atoms with E-state index < -0.39 is 15.0 Å². The number of anilines is 1. The Labute approximate surface area is 161 Å². The Morgan fingerprint density at radius 1 is 0.929 bits per heavy atom. The van der Waals surface area contributed by atoms with Crippen LogP contribution in [0.2, 0.25) is 0 Å². The van der Waals surface area contributed by atoms with Crippen molar-refractivity contribution in [3.05, 3.63) is 94.5 Å². The highest BCUT2D eigenvalue weighted by Crippen LogP contribution is 2.19. The largest absolute Gasteiger partial charge is 0.379 e. The third-order valence-electron chi connectivity index (χ3n) is 3.60. The van der Waals surface area contributed by atoms with Crippen LogP contribution in [0, 0.1) is 10.1 Å². The number of benzene rings is 3. The first kappa shape index (κ1) is 19.1. The van der Waals surface area contributed by atoms with Gasteiger partial charge in [-0.15, -0.1) is 0 Å². The molecule has 9 heteroatoms. The second kappa shape index (κ2) is 8.31. The van der Waals surface area contributed by atoms with E-state index in [1.807, 2.05) is 0 Å². The third kappa shape index (κ3) is 4.92. The average Bonchev–Trinajstić information content (AvgIpc) is 2.70. The molecule has 28 heavy (non-hydrogen) atoms. The maximum Gasteiger partial charge on any atom is 0.339 e. The molecule has 0 saturated heterocycles. The number of non-ortho nitro benzene ring substituents is 1. The maximum atomic E-state index is 12.2. The second-order valence-electron chi connectivity index (χ2n) is 5.59. The smallest absolute Gasteiger partial charge is 0.339 e. The number of nitrogens with one attached hydrogen (secondary N) is 1. The van der Waals surface area contributed by atoms with Gasteiger partial charge in [0.2, 0.25) is 0 Å². The summed E-state index contributed by atoms with van der Waals surface area (Å²) in [4.78, 5) is 10.2. The predicted octanol–water partition coefficient (Wildman–Crippen LogP) is 3.81. The van der Waals surface area contributed by atoms with Crippen molar-refractivity contribution in [1.82, 2.24) is 0 Å². The number of nitrogens with zero attached hydrogens (tertiary/aromatic N) is 2. The fraction of sp³-hybridized carbons (Fsp3) is 0. The summed E-state index contributed by atoms with van der Waals surface area (Å²) >= 11 is 0. The normalized spacial score (nSPS) is 11.3. The first-order chi connectivity index (χ1) is 13.4. The van der Waals surface area contributed by atoms with Crippen LogP contribution in [-0.2, 0) is 10.1 Å². The molecule has 0 amide bonds. The molecule has 0 aliphatic carbocycles. The minimum atomic E-state index is -3.88. The summed E-state index contributed by atoms with van der Waals surface area (Å²) < 4.78 is 29.5. The van der Waals surface area contributed by atoms with E-state index in [-0.39, 0.29) is 16.3 Å². The van der Waals surface area contributed by atoms with Crippen LogP contribution in [0.15, 0.2) is 88.9 Å². The Bertz CT molecular complexity index is 1080. The molecule has 8 nitrogen and oxygen atoms in total. The van der Waals surface area contributed by atoms with Gasteiger partial charge in [-0.2, -0.15) is 13.5 Å². The monoisotopic (exact) mass is 397 g/mol. The van der Waals surface area contributed by atoms with Gasteiger partial charge in [0, 0.05) is 12.1 Å². The predicted molar refractivity (Wildman–Crippen MR) is 105 cm³/mol. The van der Waals surface area contributed by atoms with Gasteiger partial charge in [0.05, 0.1) is 16.8 Å².